The monoisotopic (exact) mass is 293 g/mol. The quantitative estimate of drug-likeness (QED) is 0.674. The Morgan fingerprint density at radius 1 is 1.38 bits per heavy atom. The van der Waals surface area contributed by atoms with Crippen molar-refractivity contribution in [2.24, 2.45) is 0 Å². The number of ether oxygens (including phenoxy) is 1. The zero-order chi connectivity index (χ0) is 15.7. The van der Waals surface area contributed by atoms with E-state index in [1.165, 1.54) is 11.1 Å². The molecule has 0 bridgehead atoms. The van der Waals surface area contributed by atoms with Gasteiger partial charge in [0.2, 0.25) is 5.91 Å². The van der Waals surface area contributed by atoms with Gasteiger partial charge in [0.05, 0.1) is 13.2 Å². The zero-order valence-corrected chi connectivity index (χ0v) is 13.5. The highest BCUT2D eigenvalue weighted by Crippen LogP contribution is 2.22. The minimum atomic E-state index is 0.0238. The van der Waals surface area contributed by atoms with Crippen LogP contribution in [-0.4, -0.2) is 46.3 Å². The molecule has 0 aromatic heterocycles. The van der Waals surface area contributed by atoms with E-state index in [9.17, 15) is 4.79 Å². The van der Waals surface area contributed by atoms with Crippen molar-refractivity contribution in [3.05, 3.63) is 29.3 Å². The van der Waals surface area contributed by atoms with Gasteiger partial charge in [-0.25, -0.2) is 0 Å². The summed E-state index contributed by atoms with van der Waals surface area (Å²) in [4.78, 5) is 13.7. The van der Waals surface area contributed by atoms with Gasteiger partial charge in [-0.3, -0.25) is 4.79 Å². The molecule has 0 spiro atoms. The van der Waals surface area contributed by atoms with E-state index in [4.69, 9.17) is 4.74 Å². The number of methoxy groups -OCH3 is 1. The molecule has 0 aliphatic heterocycles. The molecule has 118 valence electrons. The minimum absolute atomic E-state index is 0.0238. The summed E-state index contributed by atoms with van der Waals surface area (Å²) in [5.41, 5.74) is 3.53. The van der Waals surface area contributed by atoms with Gasteiger partial charge in [-0.05, 0) is 25.5 Å². The standard InChI is InChI=1S/C16H27N3O2/c1-5-19(12-16(20)17-3)15-7-6-13(2)10-14(15)11-18-8-9-21-4/h6-7,10,18H,5,8-9,11-12H2,1-4H3,(H,17,20). The van der Waals surface area contributed by atoms with Crippen LogP contribution in [0.5, 0.6) is 0 Å². The van der Waals surface area contributed by atoms with Gasteiger partial charge in [-0.1, -0.05) is 17.7 Å². The van der Waals surface area contributed by atoms with Gasteiger partial charge in [-0.15, -0.1) is 0 Å². The number of nitrogens with one attached hydrogen (secondary N) is 2. The number of rotatable bonds is 9. The molecule has 0 saturated heterocycles. The lowest BCUT2D eigenvalue weighted by Gasteiger charge is -2.25. The van der Waals surface area contributed by atoms with E-state index < -0.39 is 0 Å². The van der Waals surface area contributed by atoms with E-state index >= 15 is 0 Å². The van der Waals surface area contributed by atoms with Crippen molar-refractivity contribution in [1.82, 2.24) is 10.6 Å². The zero-order valence-electron chi connectivity index (χ0n) is 13.5. The van der Waals surface area contributed by atoms with Crippen LogP contribution in [0, 0.1) is 6.92 Å². The van der Waals surface area contributed by atoms with Gasteiger partial charge in [0.25, 0.3) is 0 Å². The van der Waals surface area contributed by atoms with Crippen LogP contribution in [0.4, 0.5) is 5.69 Å². The Bertz CT molecular complexity index is 449. The summed E-state index contributed by atoms with van der Waals surface area (Å²) >= 11 is 0. The van der Waals surface area contributed by atoms with E-state index in [0.717, 1.165) is 25.3 Å². The highest BCUT2D eigenvalue weighted by atomic mass is 16.5. The predicted molar refractivity (Wildman–Crippen MR) is 86.7 cm³/mol. The number of likely N-dealkylation sites (N-methyl/N-ethyl adjacent to an activating group) is 2. The van der Waals surface area contributed by atoms with Crippen LogP contribution in [0.1, 0.15) is 18.1 Å². The molecule has 0 fully saturated rings. The molecule has 21 heavy (non-hydrogen) atoms. The number of carbonyl (C=O) groups excluding carboxylic acids is 1. The molecule has 1 aromatic carbocycles. The van der Waals surface area contributed by atoms with Crippen LogP contribution in [0.25, 0.3) is 0 Å². The number of benzene rings is 1. The molecule has 0 atom stereocenters. The average molecular weight is 293 g/mol. The normalized spacial score (nSPS) is 10.5. The van der Waals surface area contributed by atoms with Crippen LogP contribution < -0.4 is 15.5 Å². The second kappa shape index (κ2) is 9.37. The van der Waals surface area contributed by atoms with Crippen molar-refractivity contribution in [1.29, 1.82) is 0 Å². The predicted octanol–water partition coefficient (Wildman–Crippen LogP) is 1.30. The van der Waals surface area contributed by atoms with Gasteiger partial charge in [0, 0.05) is 39.5 Å². The molecule has 0 unspecified atom stereocenters. The number of nitrogens with zero attached hydrogens (tertiary/aromatic N) is 1. The fourth-order valence-electron chi connectivity index (χ4n) is 2.18. The summed E-state index contributed by atoms with van der Waals surface area (Å²) < 4.78 is 5.04. The Kier molecular flexibility index (Phi) is 7.79. The topological polar surface area (TPSA) is 53.6 Å². The Hall–Kier alpha value is -1.59. The molecule has 1 rings (SSSR count). The Morgan fingerprint density at radius 2 is 2.14 bits per heavy atom. The summed E-state index contributed by atoms with van der Waals surface area (Å²) in [6.07, 6.45) is 0. The molecule has 0 saturated carbocycles. The summed E-state index contributed by atoms with van der Waals surface area (Å²) in [5, 5.41) is 6.04. The molecule has 5 heteroatoms. The maximum absolute atomic E-state index is 11.6. The van der Waals surface area contributed by atoms with Crippen LogP contribution >= 0.6 is 0 Å². The second-order valence-electron chi connectivity index (χ2n) is 4.99. The van der Waals surface area contributed by atoms with E-state index in [0.29, 0.717) is 13.2 Å². The van der Waals surface area contributed by atoms with Crippen LogP contribution in [0.3, 0.4) is 0 Å². The number of aryl methyl sites for hydroxylation is 1. The van der Waals surface area contributed by atoms with Crippen molar-refractivity contribution in [3.8, 4) is 0 Å². The maximum atomic E-state index is 11.6. The SMILES string of the molecule is CCN(CC(=O)NC)c1ccc(C)cc1CNCCOC. The fourth-order valence-corrected chi connectivity index (χ4v) is 2.18. The summed E-state index contributed by atoms with van der Waals surface area (Å²) in [5.74, 6) is 0.0238. The first-order valence-electron chi connectivity index (χ1n) is 7.37. The molecule has 0 aliphatic rings. The molecular formula is C16H27N3O2. The molecular weight excluding hydrogens is 266 g/mol. The highest BCUT2D eigenvalue weighted by molar-refractivity contribution is 5.81. The lowest BCUT2D eigenvalue weighted by molar-refractivity contribution is -0.119. The van der Waals surface area contributed by atoms with E-state index in [1.54, 1.807) is 14.2 Å². The van der Waals surface area contributed by atoms with Gasteiger partial charge in [0.1, 0.15) is 0 Å². The van der Waals surface area contributed by atoms with Crippen LogP contribution in [-0.2, 0) is 16.1 Å². The second-order valence-corrected chi connectivity index (χ2v) is 4.99. The van der Waals surface area contributed by atoms with Crippen molar-refractivity contribution in [2.45, 2.75) is 20.4 Å². The van der Waals surface area contributed by atoms with Crippen LogP contribution in [0.15, 0.2) is 18.2 Å². The van der Waals surface area contributed by atoms with E-state index in [1.807, 2.05) is 0 Å². The Labute approximate surface area is 127 Å². The highest BCUT2D eigenvalue weighted by Gasteiger charge is 2.12. The minimum Gasteiger partial charge on any atom is -0.383 e. The summed E-state index contributed by atoms with van der Waals surface area (Å²) in [6, 6.07) is 6.34. The lowest BCUT2D eigenvalue weighted by Crippen LogP contribution is -2.36. The molecule has 2 N–H and O–H groups in total. The smallest absolute Gasteiger partial charge is 0.239 e. The lowest BCUT2D eigenvalue weighted by atomic mass is 10.1. The number of anilines is 1. The third-order valence-electron chi connectivity index (χ3n) is 3.37. The van der Waals surface area contributed by atoms with Gasteiger partial charge in [0.15, 0.2) is 0 Å². The number of amides is 1. The molecule has 5 nitrogen and oxygen atoms in total. The molecule has 1 amide bonds. The third kappa shape index (κ3) is 5.73. The molecule has 1 aromatic rings. The molecule has 0 aliphatic carbocycles. The number of hydrogen-bond acceptors (Lipinski definition) is 4. The third-order valence-corrected chi connectivity index (χ3v) is 3.37. The maximum Gasteiger partial charge on any atom is 0.239 e. The van der Waals surface area contributed by atoms with Crippen molar-refractivity contribution < 1.29 is 9.53 Å². The first kappa shape index (κ1) is 17.5. The average Bonchev–Trinajstić information content (AvgIpc) is 2.49. The summed E-state index contributed by atoms with van der Waals surface area (Å²) in [7, 11) is 3.36. The first-order valence-corrected chi connectivity index (χ1v) is 7.37. The van der Waals surface area contributed by atoms with E-state index in [-0.39, 0.29) is 5.91 Å². The number of hydrogen-bond donors (Lipinski definition) is 2. The van der Waals surface area contributed by atoms with Gasteiger partial charge in [-0.2, -0.15) is 0 Å². The van der Waals surface area contributed by atoms with Gasteiger partial charge < -0.3 is 20.3 Å². The first-order chi connectivity index (χ1) is 10.1. The summed E-state index contributed by atoms with van der Waals surface area (Å²) in [6.45, 7) is 7.58. The Balaban J connectivity index is 2.85. The van der Waals surface area contributed by atoms with Crippen molar-refractivity contribution in [2.75, 3.05) is 45.3 Å². The fraction of sp³-hybridized carbons (Fsp3) is 0.562. The Morgan fingerprint density at radius 3 is 2.76 bits per heavy atom. The molecule has 0 radical (unpaired) electrons. The van der Waals surface area contributed by atoms with Crippen molar-refractivity contribution in [3.63, 3.8) is 0 Å². The molecule has 0 heterocycles. The number of carbonyl (C=O) groups is 1. The van der Waals surface area contributed by atoms with Crippen LogP contribution in [0.2, 0.25) is 0 Å². The largest absolute Gasteiger partial charge is 0.383 e. The van der Waals surface area contributed by atoms with E-state index in [2.05, 4.69) is 47.6 Å². The van der Waals surface area contributed by atoms with Crippen molar-refractivity contribution >= 4 is 11.6 Å². The van der Waals surface area contributed by atoms with Gasteiger partial charge >= 0.3 is 0 Å².